The normalized spacial score (nSPS) is 12.5. The second-order valence-electron chi connectivity index (χ2n) is 4.74. The molecule has 0 aliphatic rings. The first kappa shape index (κ1) is 13.8. The van der Waals surface area contributed by atoms with Crippen LogP contribution in [0.1, 0.15) is 30.6 Å². The van der Waals surface area contributed by atoms with E-state index in [0.717, 1.165) is 37.3 Å². The van der Waals surface area contributed by atoms with E-state index >= 15 is 0 Å². The molecular weight excluding hydrogens is 241 g/mol. The number of benzene rings is 1. The fourth-order valence-electron chi connectivity index (χ4n) is 2.17. The zero-order valence-electron chi connectivity index (χ0n) is 11.2. The molecule has 2 rings (SSSR count). The molecule has 0 bridgehead atoms. The quantitative estimate of drug-likeness (QED) is 0.768. The standard InChI is InChI=1S/C16H20FNO/c1-2-9-18-12-14(11-16-4-3-10-19-16)13-5-7-15(17)8-6-13/h3-8,10,14,18H,2,9,11-12H2,1H3. The van der Waals surface area contributed by atoms with Crippen LogP contribution in [0.2, 0.25) is 0 Å². The van der Waals surface area contributed by atoms with Crippen molar-refractivity contribution >= 4 is 0 Å². The molecule has 0 saturated carbocycles. The van der Waals surface area contributed by atoms with Gasteiger partial charge in [-0.15, -0.1) is 0 Å². The molecule has 0 amide bonds. The molecule has 1 atom stereocenters. The van der Waals surface area contributed by atoms with Gasteiger partial charge in [-0.05, 0) is 42.8 Å². The molecule has 0 aliphatic carbocycles. The highest BCUT2D eigenvalue weighted by atomic mass is 19.1. The van der Waals surface area contributed by atoms with Crippen molar-refractivity contribution in [3.05, 3.63) is 59.8 Å². The molecule has 19 heavy (non-hydrogen) atoms. The van der Waals surface area contributed by atoms with E-state index in [0.29, 0.717) is 5.92 Å². The van der Waals surface area contributed by atoms with Gasteiger partial charge >= 0.3 is 0 Å². The maximum absolute atomic E-state index is 13.0. The molecule has 1 aromatic carbocycles. The molecule has 1 aromatic heterocycles. The van der Waals surface area contributed by atoms with E-state index in [-0.39, 0.29) is 5.82 Å². The molecule has 3 heteroatoms. The molecule has 0 spiro atoms. The summed E-state index contributed by atoms with van der Waals surface area (Å²) in [7, 11) is 0. The van der Waals surface area contributed by atoms with Crippen LogP contribution in [0.25, 0.3) is 0 Å². The van der Waals surface area contributed by atoms with E-state index in [1.807, 2.05) is 24.3 Å². The lowest BCUT2D eigenvalue weighted by Crippen LogP contribution is -2.23. The van der Waals surface area contributed by atoms with Crippen LogP contribution in [0.15, 0.2) is 47.1 Å². The predicted octanol–water partition coefficient (Wildman–Crippen LogP) is 3.74. The maximum Gasteiger partial charge on any atom is 0.123 e. The molecule has 1 unspecified atom stereocenters. The van der Waals surface area contributed by atoms with Gasteiger partial charge in [-0.2, -0.15) is 0 Å². The molecular formula is C16H20FNO. The topological polar surface area (TPSA) is 25.2 Å². The van der Waals surface area contributed by atoms with Gasteiger partial charge in [-0.3, -0.25) is 0 Å². The Labute approximate surface area is 113 Å². The Balaban J connectivity index is 2.06. The Morgan fingerprint density at radius 1 is 1.21 bits per heavy atom. The number of furan rings is 1. The number of hydrogen-bond acceptors (Lipinski definition) is 2. The SMILES string of the molecule is CCCNCC(Cc1ccco1)c1ccc(F)cc1. The predicted molar refractivity (Wildman–Crippen MR) is 74.7 cm³/mol. The molecule has 1 heterocycles. The van der Waals surface area contributed by atoms with Crippen LogP contribution in [-0.2, 0) is 6.42 Å². The molecule has 2 nitrogen and oxygen atoms in total. The summed E-state index contributed by atoms with van der Waals surface area (Å²) in [4.78, 5) is 0. The van der Waals surface area contributed by atoms with Crippen LogP contribution in [0.4, 0.5) is 4.39 Å². The van der Waals surface area contributed by atoms with Gasteiger partial charge in [0.05, 0.1) is 6.26 Å². The minimum absolute atomic E-state index is 0.193. The molecule has 1 N–H and O–H groups in total. The fraction of sp³-hybridized carbons (Fsp3) is 0.375. The summed E-state index contributed by atoms with van der Waals surface area (Å²) in [5.41, 5.74) is 1.14. The average Bonchev–Trinajstić information content (AvgIpc) is 2.92. The summed E-state index contributed by atoms with van der Waals surface area (Å²) in [5, 5.41) is 3.43. The van der Waals surface area contributed by atoms with Gasteiger partial charge in [0.15, 0.2) is 0 Å². The Hall–Kier alpha value is -1.61. The van der Waals surface area contributed by atoms with Gasteiger partial charge in [-0.1, -0.05) is 19.1 Å². The summed E-state index contributed by atoms with van der Waals surface area (Å²) < 4.78 is 18.4. The van der Waals surface area contributed by atoms with Crippen molar-refractivity contribution in [2.45, 2.75) is 25.7 Å². The molecule has 0 aliphatic heterocycles. The van der Waals surface area contributed by atoms with Crippen molar-refractivity contribution < 1.29 is 8.81 Å². The number of nitrogens with one attached hydrogen (secondary N) is 1. The molecule has 0 fully saturated rings. The summed E-state index contributed by atoms with van der Waals surface area (Å²) >= 11 is 0. The number of hydrogen-bond donors (Lipinski definition) is 1. The lowest BCUT2D eigenvalue weighted by atomic mass is 9.94. The highest BCUT2D eigenvalue weighted by Gasteiger charge is 2.13. The third-order valence-corrected chi connectivity index (χ3v) is 3.19. The van der Waals surface area contributed by atoms with Crippen molar-refractivity contribution in [1.29, 1.82) is 0 Å². The Morgan fingerprint density at radius 2 is 2.00 bits per heavy atom. The van der Waals surface area contributed by atoms with Gasteiger partial charge < -0.3 is 9.73 Å². The molecule has 102 valence electrons. The second-order valence-corrected chi connectivity index (χ2v) is 4.74. The Morgan fingerprint density at radius 3 is 2.63 bits per heavy atom. The third-order valence-electron chi connectivity index (χ3n) is 3.19. The van der Waals surface area contributed by atoms with Gasteiger partial charge in [0.2, 0.25) is 0 Å². The minimum atomic E-state index is -0.193. The molecule has 0 saturated heterocycles. The van der Waals surface area contributed by atoms with Crippen LogP contribution in [0, 0.1) is 5.82 Å². The Kier molecular flexibility index (Phi) is 5.16. The second kappa shape index (κ2) is 7.10. The maximum atomic E-state index is 13.0. The Bertz CT molecular complexity index is 464. The van der Waals surface area contributed by atoms with E-state index in [9.17, 15) is 4.39 Å². The molecule has 2 aromatic rings. The first-order valence-corrected chi connectivity index (χ1v) is 6.78. The molecule has 0 radical (unpaired) electrons. The first-order chi connectivity index (χ1) is 9.29. The van der Waals surface area contributed by atoms with E-state index in [1.54, 1.807) is 6.26 Å². The first-order valence-electron chi connectivity index (χ1n) is 6.78. The fourth-order valence-corrected chi connectivity index (χ4v) is 2.17. The smallest absolute Gasteiger partial charge is 0.123 e. The zero-order chi connectivity index (χ0) is 13.5. The summed E-state index contributed by atoms with van der Waals surface area (Å²) in [6.07, 6.45) is 3.63. The number of rotatable bonds is 7. The highest BCUT2D eigenvalue weighted by molar-refractivity contribution is 5.22. The van der Waals surface area contributed by atoms with E-state index in [2.05, 4.69) is 12.2 Å². The van der Waals surface area contributed by atoms with Crippen molar-refractivity contribution in [2.75, 3.05) is 13.1 Å². The zero-order valence-corrected chi connectivity index (χ0v) is 11.2. The van der Waals surface area contributed by atoms with Gasteiger partial charge in [0, 0.05) is 18.9 Å². The van der Waals surface area contributed by atoms with E-state index < -0.39 is 0 Å². The van der Waals surface area contributed by atoms with E-state index in [4.69, 9.17) is 4.42 Å². The van der Waals surface area contributed by atoms with Crippen LogP contribution < -0.4 is 5.32 Å². The van der Waals surface area contributed by atoms with Crippen molar-refractivity contribution in [2.24, 2.45) is 0 Å². The van der Waals surface area contributed by atoms with Crippen LogP contribution in [0.5, 0.6) is 0 Å². The third kappa shape index (κ3) is 4.21. The van der Waals surface area contributed by atoms with Gasteiger partial charge in [0.1, 0.15) is 11.6 Å². The summed E-state index contributed by atoms with van der Waals surface area (Å²) in [5.74, 6) is 1.08. The lowest BCUT2D eigenvalue weighted by molar-refractivity contribution is 0.472. The van der Waals surface area contributed by atoms with Crippen molar-refractivity contribution in [3.8, 4) is 0 Å². The summed E-state index contributed by atoms with van der Waals surface area (Å²) in [6.45, 7) is 4.02. The average molecular weight is 261 g/mol. The minimum Gasteiger partial charge on any atom is -0.469 e. The van der Waals surface area contributed by atoms with Crippen LogP contribution >= 0.6 is 0 Å². The lowest BCUT2D eigenvalue weighted by Gasteiger charge is -2.17. The van der Waals surface area contributed by atoms with Gasteiger partial charge in [-0.25, -0.2) is 4.39 Å². The van der Waals surface area contributed by atoms with E-state index in [1.165, 1.54) is 12.1 Å². The van der Waals surface area contributed by atoms with Crippen LogP contribution in [0.3, 0.4) is 0 Å². The number of halogens is 1. The van der Waals surface area contributed by atoms with Crippen LogP contribution in [-0.4, -0.2) is 13.1 Å². The van der Waals surface area contributed by atoms with Crippen molar-refractivity contribution in [3.63, 3.8) is 0 Å². The highest BCUT2D eigenvalue weighted by Crippen LogP contribution is 2.21. The largest absolute Gasteiger partial charge is 0.469 e. The van der Waals surface area contributed by atoms with Crippen molar-refractivity contribution in [1.82, 2.24) is 5.32 Å². The monoisotopic (exact) mass is 261 g/mol. The van der Waals surface area contributed by atoms with Gasteiger partial charge in [0.25, 0.3) is 0 Å². The summed E-state index contributed by atoms with van der Waals surface area (Å²) in [6, 6.07) is 10.6.